The molecule has 1 aliphatic rings. The van der Waals surface area contributed by atoms with Crippen molar-refractivity contribution >= 4 is 28.3 Å². The van der Waals surface area contributed by atoms with E-state index in [9.17, 15) is 9.59 Å². The molecule has 1 aromatic carbocycles. The fourth-order valence-corrected chi connectivity index (χ4v) is 4.14. The second-order valence-corrected chi connectivity index (χ2v) is 8.19. The van der Waals surface area contributed by atoms with Gasteiger partial charge in [-0.3, -0.25) is 9.59 Å². The highest BCUT2D eigenvalue weighted by Crippen LogP contribution is 2.29. The molecule has 8 nitrogen and oxygen atoms in total. The number of benzene rings is 1. The predicted octanol–water partition coefficient (Wildman–Crippen LogP) is 3.89. The fraction of sp³-hybridized carbons (Fsp3) is 0.240. The van der Waals surface area contributed by atoms with Crippen molar-refractivity contribution < 1.29 is 13.9 Å². The Morgan fingerprint density at radius 1 is 1.09 bits per heavy atom. The Hall–Kier alpha value is -3.91. The molecule has 0 spiro atoms. The number of rotatable bonds is 4. The van der Waals surface area contributed by atoms with Crippen LogP contribution in [-0.2, 0) is 4.74 Å². The van der Waals surface area contributed by atoms with E-state index in [1.54, 1.807) is 24.8 Å². The van der Waals surface area contributed by atoms with E-state index >= 15 is 0 Å². The first-order valence-electron chi connectivity index (χ1n) is 10.8. The van der Waals surface area contributed by atoms with Gasteiger partial charge in [0.15, 0.2) is 0 Å². The zero-order valence-corrected chi connectivity index (χ0v) is 18.5. The summed E-state index contributed by atoms with van der Waals surface area (Å²) in [4.78, 5) is 34.9. The Balaban J connectivity index is 1.55. The molecular formula is C25H24N4O4. The Labute approximate surface area is 190 Å². The average molecular weight is 444 g/mol. The molecule has 5 rings (SSSR count). The number of carbonyl (C=O) groups is 1. The van der Waals surface area contributed by atoms with Crippen molar-refractivity contribution in [3.8, 4) is 11.1 Å². The topological polar surface area (TPSA) is 100 Å². The van der Waals surface area contributed by atoms with Crippen LogP contribution in [0.3, 0.4) is 0 Å². The molecule has 2 N–H and O–H groups in total. The molecule has 0 aliphatic carbocycles. The number of nitrogens with one attached hydrogen (secondary N) is 2. The first kappa shape index (κ1) is 21.0. The van der Waals surface area contributed by atoms with Gasteiger partial charge in [-0.25, -0.2) is 4.98 Å². The summed E-state index contributed by atoms with van der Waals surface area (Å²) in [5.74, 6) is 0.376. The number of H-pyrrole nitrogens is 1. The van der Waals surface area contributed by atoms with Crippen molar-refractivity contribution in [1.82, 2.24) is 9.97 Å². The number of aryl methyl sites for hydroxylation is 2. The van der Waals surface area contributed by atoms with Crippen molar-refractivity contribution in [3.63, 3.8) is 0 Å². The normalized spacial score (nSPS) is 13.9. The van der Waals surface area contributed by atoms with Crippen molar-refractivity contribution in [1.29, 1.82) is 0 Å². The van der Waals surface area contributed by atoms with E-state index in [0.29, 0.717) is 43.4 Å². The van der Waals surface area contributed by atoms with Gasteiger partial charge in [0.05, 0.1) is 31.3 Å². The summed E-state index contributed by atoms with van der Waals surface area (Å²) in [7, 11) is 0. The molecule has 1 aliphatic heterocycles. The van der Waals surface area contributed by atoms with Crippen LogP contribution in [0, 0.1) is 13.8 Å². The number of ether oxygens (including phenoxy) is 1. The molecule has 3 aromatic heterocycles. The summed E-state index contributed by atoms with van der Waals surface area (Å²) in [5, 5.41) is 3.94. The van der Waals surface area contributed by atoms with Crippen molar-refractivity contribution in [2.45, 2.75) is 13.8 Å². The maximum atomic E-state index is 13.5. The van der Waals surface area contributed by atoms with Crippen LogP contribution in [0.25, 0.3) is 22.0 Å². The van der Waals surface area contributed by atoms with E-state index in [1.807, 2.05) is 38.1 Å². The van der Waals surface area contributed by atoms with Crippen molar-refractivity contribution in [2.24, 2.45) is 0 Å². The Bertz CT molecular complexity index is 1390. The number of hydrogen-bond donors (Lipinski definition) is 2. The third-order valence-electron chi connectivity index (χ3n) is 5.92. The molecule has 33 heavy (non-hydrogen) atoms. The van der Waals surface area contributed by atoms with E-state index in [-0.39, 0.29) is 11.5 Å². The Morgan fingerprint density at radius 3 is 2.67 bits per heavy atom. The number of aromatic amines is 1. The van der Waals surface area contributed by atoms with Gasteiger partial charge >= 0.3 is 0 Å². The zero-order chi connectivity index (χ0) is 22.9. The van der Waals surface area contributed by atoms with Crippen LogP contribution in [0.1, 0.15) is 21.5 Å². The monoisotopic (exact) mass is 444 g/mol. The lowest BCUT2D eigenvalue weighted by atomic mass is 10.0. The van der Waals surface area contributed by atoms with Crippen LogP contribution in [0.2, 0.25) is 0 Å². The number of fused-ring (bicyclic) bond motifs is 1. The van der Waals surface area contributed by atoms with Gasteiger partial charge in [-0.15, -0.1) is 0 Å². The smallest absolute Gasteiger partial charge is 0.259 e. The van der Waals surface area contributed by atoms with Crippen LogP contribution in [-0.4, -0.2) is 42.2 Å². The maximum absolute atomic E-state index is 13.5. The van der Waals surface area contributed by atoms with E-state index in [0.717, 1.165) is 33.2 Å². The SMILES string of the molecule is Cc1cc2[nH]c(=O)cc(C)c2cc1NC(=O)c1cc(-c2ccoc2)cnc1N1CCOCC1. The first-order valence-corrected chi connectivity index (χ1v) is 10.8. The number of morpholine rings is 1. The summed E-state index contributed by atoms with van der Waals surface area (Å²) in [6.07, 6.45) is 4.98. The fourth-order valence-electron chi connectivity index (χ4n) is 4.14. The van der Waals surface area contributed by atoms with E-state index in [2.05, 4.69) is 20.2 Å². The average Bonchev–Trinajstić information content (AvgIpc) is 3.35. The van der Waals surface area contributed by atoms with Gasteiger partial charge < -0.3 is 24.4 Å². The Morgan fingerprint density at radius 2 is 1.91 bits per heavy atom. The maximum Gasteiger partial charge on any atom is 0.259 e. The van der Waals surface area contributed by atoms with E-state index < -0.39 is 0 Å². The molecule has 168 valence electrons. The summed E-state index contributed by atoms with van der Waals surface area (Å²) < 4.78 is 10.7. The molecule has 1 saturated heterocycles. The van der Waals surface area contributed by atoms with Crippen LogP contribution in [0.5, 0.6) is 0 Å². The summed E-state index contributed by atoms with van der Waals surface area (Å²) in [6, 6.07) is 9.01. The number of anilines is 2. The molecule has 0 atom stereocenters. The molecule has 0 bridgehead atoms. The second-order valence-electron chi connectivity index (χ2n) is 8.19. The van der Waals surface area contributed by atoms with Crippen molar-refractivity contribution in [3.05, 3.63) is 76.1 Å². The van der Waals surface area contributed by atoms with Crippen LogP contribution in [0.15, 0.2) is 58.3 Å². The highest BCUT2D eigenvalue weighted by molar-refractivity contribution is 6.09. The van der Waals surface area contributed by atoms with Crippen molar-refractivity contribution in [2.75, 3.05) is 36.5 Å². The summed E-state index contributed by atoms with van der Waals surface area (Å²) in [5.41, 5.74) is 5.12. The third kappa shape index (κ3) is 4.12. The predicted molar refractivity (Wildman–Crippen MR) is 127 cm³/mol. The van der Waals surface area contributed by atoms with Gasteiger partial charge in [-0.2, -0.15) is 0 Å². The largest absolute Gasteiger partial charge is 0.472 e. The molecule has 1 fully saturated rings. The Kier molecular flexibility index (Phi) is 5.43. The van der Waals surface area contributed by atoms with Crippen LogP contribution >= 0.6 is 0 Å². The number of pyridine rings is 2. The minimum absolute atomic E-state index is 0.145. The number of amides is 1. The summed E-state index contributed by atoms with van der Waals surface area (Å²) in [6.45, 7) is 6.30. The highest BCUT2D eigenvalue weighted by atomic mass is 16.5. The lowest BCUT2D eigenvalue weighted by molar-refractivity contribution is 0.102. The number of aromatic nitrogens is 2. The molecule has 4 aromatic rings. The van der Waals surface area contributed by atoms with Gasteiger partial charge in [0.25, 0.3) is 5.91 Å². The first-order chi connectivity index (χ1) is 16.0. The molecule has 0 radical (unpaired) electrons. The number of carbonyl (C=O) groups excluding carboxylic acids is 1. The molecular weight excluding hydrogens is 420 g/mol. The molecule has 1 amide bonds. The van der Waals surface area contributed by atoms with Crippen LogP contribution < -0.4 is 15.8 Å². The van der Waals surface area contributed by atoms with Gasteiger partial charge in [-0.05, 0) is 49.2 Å². The lowest BCUT2D eigenvalue weighted by Crippen LogP contribution is -2.38. The highest BCUT2D eigenvalue weighted by Gasteiger charge is 2.22. The van der Waals surface area contributed by atoms with Gasteiger partial charge in [0.2, 0.25) is 5.56 Å². The van der Waals surface area contributed by atoms with E-state index in [4.69, 9.17) is 9.15 Å². The standard InChI is InChI=1S/C25H24N4O4/c1-15-10-23(30)27-22-9-16(2)21(12-19(15)22)28-25(31)20-11-18(17-3-6-33-14-17)13-26-24(20)29-4-7-32-8-5-29/h3,6,9-14H,4-5,7-8H2,1-2H3,(H,27,30)(H,28,31). The second kappa shape index (κ2) is 8.55. The molecule has 0 unspecified atom stereocenters. The third-order valence-corrected chi connectivity index (χ3v) is 5.92. The lowest BCUT2D eigenvalue weighted by Gasteiger charge is -2.29. The minimum atomic E-state index is -0.251. The van der Waals surface area contributed by atoms with E-state index in [1.165, 1.54) is 0 Å². The number of furan rings is 1. The van der Waals surface area contributed by atoms with Gasteiger partial charge in [-0.1, -0.05) is 0 Å². The molecule has 0 saturated carbocycles. The quantitative estimate of drug-likeness (QED) is 0.495. The van der Waals surface area contributed by atoms with Gasteiger partial charge in [0, 0.05) is 53.1 Å². The zero-order valence-electron chi connectivity index (χ0n) is 18.5. The van der Waals surface area contributed by atoms with Crippen LogP contribution in [0.4, 0.5) is 11.5 Å². The summed E-state index contributed by atoms with van der Waals surface area (Å²) >= 11 is 0. The molecule has 8 heteroatoms. The molecule has 4 heterocycles. The minimum Gasteiger partial charge on any atom is -0.472 e. The number of nitrogens with zero attached hydrogens (tertiary/aromatic N) is 2. The number of hydrogen-bond acceptors (Lipinski definition) is 6. The van der Waals surface area contributed by atoms with Gasteiger partial charge in [0.1, 0.15) is 5.82 Å².